The second-order valence-corrected chi connectivity index (χ2v) is 10.3. The first-order chi connectivity index (χ1) is 15.9. The van der Waals surface area contributed by atoms with E-state index in [2.05, 4.69) is 76.3 Å². The zero-order valence-corrected chi connectivity index (χ0v) is 20.9. The molecule has 0 saturated heterocycles. The van der Waals surface area contributed by atoms with E-state index in [9.17, 15) is 0 Å². The van der Waals surface area contributed by atoms with E-state index in [0.29, 0.717) is 12.5 Å². The largest absolute Gasteiger partial charge is 0.379 e. The summed E-state index contributed by atoms with van der Waals surface area (Å²) in [7, 11) is 0. The van der Waals surface area contributed by atoms with Gasteiger partial charge in [-0.25, -0.2) is 0 Å². The van der Waals surface area contributed by atoms with E-state index < -0.39 is 0 Å². The molecule has 0 N–H and O–H groups in total. The minimum Gasteiger partial charge on any atom is -0.379 e. The monoisotopic (exact) mass is 448 g/mol. The fourth-order valence-corrected chi connectivity index (χ4v) is 5.00. The van der Waals surface area contributed by atoms with Crippen molar-refractivity contribution in [2.24, 2.45) is 0 Å². The van der Waals surface area contributed by atoms with E-state index in [1.165, 1.54) is 27.8 Å². The van der Waals surface area contributed by atoms with Crippen LogP contribution in [0, 0.1) is 0 Å². The average molecular weight is 449 g/mol. The highest BCUT2D eigenvalue weighted by Crippen LogP contribution is 2.46. The van der Waals surface area contributed by atoms with E-state index in [4.69, 9.17) is 14.2 Å². The van der Waals surface area contributed by atoms with Crippen LogP contribution < -0.4 is 0 Å². The summed E-state index contributed by atoms with van der Waals surface area (Å²) in [4.78, 5) is 0. The molecule has 0 spiro atoms. The lowest BCUT2D eigenvalue weighted by Crippen LogP contribution is -2.31. The molecule has 1 aromatic carbocycles. The molecular formula is C30H40O3. The molecule has 0 aromatic heterocycles. The van der Waals surface area contributed by atoms with Gasteiger partial charge in [0.15, 0.2) is 0 Å². The molecule has 1 aromatic rings. The van der Waals surface area contributed by atoms with E-state index >= 15 is 0 Å². The van der Waals surface area contributed by atoms with Gasteiger partial charge in [0.25, 0.3) is 0 Å². The molecule has 0 bridgehead atoms. The van der Waals surface area contributed by atoms with E-state index in [1.54, 1.807) is 5.56 Å². The van der Waals surface area contributed by atoms with Crippen molar-refractivity contribution in [2.45, 2.75) is 77.4 Å². The summed E-state index contributed by atoms with van der Waals surface area (Å²) >= 11 is 0. The molecule has 3 heteroatoms. The first-order valence-electron chi connectivity index (χ1n) is 12.7. The van der Waals surface area contributed by atoms with Gasteiger partial charge in [-0.05, 0) is 93.2 Å². The number of ether oxygens (including phenoxy) is 3. The lowest BCUT2D eigenvalue weighted by atomic mass is 9.70. The van der Waals surface area contributed by atoms with Crippen molar-refractivity contribution in [3.8, 4) is 0 Å². The third-order valence-electron chi connectivity index (χ3n) is 6.67. The van der Waals surface area contributed by atoms with Crippen molar-refractivity contribution in [2.75, 3.05) is 26.4 Å². The smallest absolute Gasteiger partial charge is 0.0858 e. The summed E-state index contributed by atoms with van der Waals surface area (Å²) < 4.78 is 17.5. The maximum atomic E-state index is 6.15. The Bertz CT molecular complexity index is 946. The highest BCUT2D eigenvalue weighted by molar-refractivity contribution is 5.73. The van der Waals surface area contributed by atoms with Crippen molar-refractivity contribution in [3.63, 3.8) is 0 Å². The molecule has 1 unspecified atom stereocenters. The van der Waals surface area contributed by atoms with Crippen molar-refractivity contribution in [3.05, 3.63) is 75.9 Å². The van der Waals surface area contributed by atoms with Crippen LogP contribution in [-0.4, -0.2) is 38.1 Å². The molecule has 178 valence electrons. The van der Waals surface area contributed by atoms with Crippen molar-refractivity contribution >= 4 is 6.08 Å². The van der Waals surface area contributed by atoms with Crippen LogP contribution in [0.25, 0.3) is 6.08 Å². The summed E-state index contributed by atoms with van der Waals surface area (Å²) in [6.07, 6.45) is 19.4. The predicted octanol–water partition coefficient (Wildman–Crippen LogP) is 6.73. The summed E-state index contributed by atoms with van der Waals surface area (Å²) in [6, 6.07) is 4.71. The van der Waals surface area contributed by atoms with Crippen molar-refractivity contribution < 1.29 is 14.2 Å². The van der Waals surface area contributed by atoms with Crippen LogP contribution in [0.3, 0.4) is 0 Å². The number of aryl methyl sites for hydroxylation is 1. The maximum absolute atomic E-state index is 6.15. The van der Waals surface area contributed by atoms with Gasteiger partial charge >= 0.3 is 0 Å². The van der Waals surface area contributed by atoms with Gasteiger partial charge in [0.05, 0.1) is 18.3 Å². The van der Waals surface area contributed by atoms with Gasteiger partial charge in [-0.3, -0.25) is 0 Å². The normalized spacial score (nSPS) is 18.4. The first kappa shape index (κ1) is 24.2. The lowest BCUT2D eigenvalue weighted by Gasteiger charge is -2.34. The summed E-state index contributed by atoms with van der Waals surface area (Å²) in [5, 5.41) is 0. The van der Waals surface area contributed by atoms with Gasteiger partial charge in [-0.2, -0.15) is 0 Å². The molecular weight excluding hydrogens is 408 g/mol. The van der Waals surface area contributed by atoms with Crippen LogP contribution in [0.4, 0.5) is 0 Å². The summed E-state index contributed by atoms with van der Waals surface area (Å²) in [5.74, 6) is 0.444. The Labute approximate surface area is 200 Å². The fraction of sp³-hybridized carbons (Fsp3) is 0.533. The minimum absolute atomic E-state index is 0.251. The molecule has 0 heterocycles. The zero-order valence-electron chi connectivity index (χ0n) is 20.9. The van der Waals surface area contributed by atoms with Crippen LogP contribution in [-0.2, 0) is 27.1 Å². The van der Waals surface area contributed by atoms with Gasteiger partial charge in [0, 0.05) is 25.7 Å². The van der Waals surface area contributed by atoms with Crippen LogP contribution in [0.5, 0.6) is 0 Å². The molecule has 0 radical (unpaired) electrons. The van der Waals surface area contributed by atoms with E-state index in [1.807, 2.05) is 0 Å². The zero-order chi connectivity index (χ0) is 23.3. The minimum atomic E-state index is -0.251. The molecule has 3 aliphatic carbocycles. The number of hydrogen-bond donors (Lipinski definition) is 0. The fourth-order valence-electron chi connectivity index (χ4n) is 5.00. The van der Waals surface area contributed by atoms with Crippen LogP contribution in [0.15, 0.2) is 53.7 Å². The molecule has 1 atom stereocenters. The third kappa shape index (κ3) is 6.15. The van der Waals surface area contributed by atoms with E-state index in [-0.39, 0.29) is 11.7 Å². The van der Waals surface area contributed by atoms with Crippen LogP contribution in [0.1, 0.15) is 75.1 Å². The van der Waals surface area contributed by atoms with Crippen LogP contribution >= 0.6 is 0 Å². The van der Waals surface area contributed by atoms with Gasteiger partial charge in [-0.1, -0.05) is 48.6 Å². The van der Waals surface area contributed by atoms with E-state index in [0.717, 1.165) is 51.9 Å². The molecule has 0 aliphatic heterocycles. The average Bonchev–Trinajstić information content (AvgIpc) is 2.80. The van der Waals surface area contributed by atoms with Gasteiger partial charge < -0.3 is 14.2 Å². The van der Waals surface area contributed by atoms with Crippen molar-refractivity contribution in [1.82, 2.24) is 0 Å². The maximum Gasteiger partial charge on any atom is 0.0858 e. The Balaban J connectivity index is 1.22. The lowest BCUT2D eigenvalue weighted by molar-refractivity contribution is -0.0785. The number of rotatable bonds is 13. The van der Waals surface area contributed by atoms with Gasteiger partial charge in [0.1, 0.15) is 0 Å². The molecule has 3 aliphatic rings. The molecule has 4 rings (SSSR count). The highest BCUT2D eigenvalue weighted by Gasteiger charge is 2.30. The molecule has 0 fully saturated rings. The Morgan fingerprint density at radius 1 is 0.970 bits per heavy atom. The number of allylic oxidation sites excluding steroid dienone is 7. The second kappa shape index (κ2) is 11.0. The Kier molecular flexibility index (Phi) is 8.06. The summed E-state index contributed by atoms with van der Waals surface area (Å²) in [5.41, 5.74) is 8.63. The SMILES string of the molecule is CC(C)OCCCOCC(C)(C)OCCCCc1ccc2c3c1C=CC1=CC=CC(=CC2)C13. The molecule has 0 amide bonds. The molecule has 33 heavy (non-hydrogen) atoms. The first-order valence-corrected chi connectivity index (χ1v) is 12.7. The molecule has 0 saturated carbocycles. The van der Waals surface area contributed by atoms with Gasteiger partial charge in [-0.15, -0.1) is 0 Å². The standard InChI is InChI=1S/C30H40O3/c1-22(2)32-19-8-18-31-21-30(3,4)33-20-6-5-9-23-12-13-26-15-14-24-10-7-11-25-16-17-27(23)29(26)28(24)25/h7,10-14,16-17,22,28H,5-6,8-9,15,18-21H2,1-4H3. The van der Waals surface area contributed by atoms with Gasteiger partial charge in [0.2, 0.25) is 0 Å². The summed E-state index contributed by atoms with van der Waals surface area (Å²) in [6.45, 7) is 11.2. The highest BCUT2D eigenvalue weighted by atomic mass is 16.5. The number of benzene rings is 1. The van der Waals surface area contributed by atoms with Crippen LogP contribution in [0.2, 0.25) is 0 Å². The Morgan fingerprint density at radius 3 is 2.70 bits per heavy atom. The van der Waals surface area contributed by atoms with Crippen molar-refractivity contribution in [1.29, 1.82) is 0 Å². The Morgan fingerprint density at radius 2 is 1.85 bits per heavy atom. The molecule has 3 nitrogen and oxygen atoms in total. The third-order valence-corrected chi connectivity index (χ3v) is 6.67. The number of hydrogen-bond acceptors (Lipinski definition) is 3. The Hall–Kier alpha value is -1.94. The predicted molar refractivity (Wildman–Crippen MR) is 137 cm³/mol. The quantitative estimate of drug-likeness (QED) is 0.313. The second-order valence-electron chi connectivity index (χ2n) is 10.3. The number of unbranched alkanes of at least 4 members (excludes halogenated alkanes) is 1. The topological polar surface area (TPSA) is 27.7 Å².